The molecule has 526 valence electrons. The van der Waals surface area contributed by atoms with Gasteiger partial charge in [-0.25, -0.2) is 28.2 Å². The molecule has 0 saturated carbocycles. The molecule has 0 aliphatic carbocycles. The molecule has 0 atom stereocenters. The van der Waals surface area contributed by atoms with Crippen LogP contribution < -0.4 is 43.1 Å². The van der Waals surface area contributed by atoms with Crippen molar-refractivity contribution in [3.8, 4) is 0 Å². The predicted octanol–water partition coefficient (Wildman–Crippen LogP) is 19.9. The van der Waals surface area contributed by atoms with Gasteiger partial charge in [0.2, 0.25) is 12.7 Å². The Hall–Kier alpha value is -2.82. The van der Waals surface area contributed by atoms with Crippen molar-refractivity contribution in [3.05, 3.63) is 211 Å². The number of rotatable bonds is 31. The van der Waals surface area contributed by atoms with Gasteiger partial charge in [-0.3, -0.25) is 0 Å². The zero-order chi connectivity index (χ0) is 67.7. The number of halogens is 12. The zero-order valence-electron chi connectivity index (χ0n) is 56.3. The van der Waals surface area contributed by atoms with Crippen LogP contribution in [0, 0.1) is 0 Å². The molecular formula is C76H98Br4Cl8N8. The van der Waals surface area contributed by atoms with Gasteiger partial charge in [0.05, 0.1) is 38.8 Å². The van der Waals surface area contributed by atoms with Gasteiger partial charge in [0.1, 0.15) is 10.3 Å². The summed E-state index contributed by atoms with van der Waals surface area (Å²) in [6.07, 6.45) is 36.0. The van der Waals surface area contributed by atoms with Crippen LogP contribution in [-0.4, -0.2) is 39.3 Å². The lowest BCUT2D eigenvalue weighted by Crippen LogP contribution is -3.00. The van der Waals surface area contributed by atoms with Crippen LogP contribution in [0.25, 0.3) is 32.3 Å². The van der Waals surface area contributed by atoms with Crippen LogP contribution in [0.3, 0.4) is 0 Å². The normalized spacial score (nSPS) is 10.6. The first-order valence-electron chi connectivity index (χ1n) is 33.9. The van der Waals surface area contributed by atoms with Gasteiger partial charge in [0.15, 0.2) is 10.3 Å². The molecule has 20 heteroatoms. The van der Waals surface area contributed by atoms with Gasteiger partial charge in [-0.15, -0.1) is 0 Å². The van der Waals surface area contributed by atoms with Crippen LogP contribution in [0.1, 0.15) is 173 Å². The van der Waals surface area contributed by atoms with Crippen LogP contribution in [0.15, 0.2) is 153 Å². The number of fused-ring (bicyclic) bond motifs is 3. The molecule has 0 aliphatic rings. The summed E-state index contributed by atoms with van der Waals surface area (Å²) in [5.74, 6) is 0. The Morgan fingerprint density at radius 3 is 1.09 bits per heavy atom. The monoisotopic (exact) mass is 1720 g/mol. The first kappa shape index (κ1) is 87.4. The Labute approximate surface area is 651 Å². The summed E-state index contributed by atoms with van der Waals surface area (Å²) in [6.45, 7) is 13.4. The molecule has 10 rings (SSSR count). The number of hydrogen-bond donors (Lipinski definition) is 1. The standard InChI is InChI=1S/2C22H27Cl2N2.C12H11Br.C10H16Cl2N2.C7H15Br.C3H2Cl2N2.2BrH/c2*1-2-3-4-5-8-15-25-17-26(22(24)21(25)23)16-14-19-12-9-11-18-10-6-7-13-20(18)19;13-9-8-11-6-3-5-10-4-1-2-7-12(10)11;1-2-3-4-5-6-7-14-8-13-9(11)10(14)12;1-2-3-4-5-6-7-8;4-2-3(5)7-1-6-2;;/h2*6-7,9-13,17H,2-5,8,14-16H2,1H3;1-7H,8-9H2;8H,2-7H2,1H3;2-7H2,1H3;1H,(H,6,7);2*1H/q2*+1;;;;;;/p-2. The van der Waals surface area contributed by atoms with E-state index in [2.05, 4.69) is 233 Å². The van der Waals surface area contributed by atoms with E-state index >= 15 is 0 Å². The first-order valence-corrected chi connectivity index (χ1v) is 39.2. The Balaban J connectivity index is 0.000000318. The van der Waals surface area contributed by atoms with Crippen molar-refractivity contribution in [1.29, 1.82) is 0 Å². The highest BCUT2D eigenvalue weighted by atomic mass is 79.9. The minimum absolute atomic E-state index is 0. The molecule has 1 N–H and O–H groups in total. The molecule has 0 amide bonds. The Bertz CT molecular complexity index is 3500. The number of aryl methyl sites for hydroxylation is 8. The number of alkyl halides is 2. The summed E-state index contributed by atoms with van der Waals surface area (Å²) in [7, 11) is 0. The average Bonchev–Trinajstić information content (AvgIpc) is 1.44. The molecule has 0 spiro atoms. The van der Waals surface area contributed by atoms with Gasteiger partial charge in [-0.2, -0.15) is 0 Å². The maximum atomic E-state index is 6.47. The van der Waals surface area contributed by atoms with Crippen molar-refractivity contribution in [1.82, 2.24) is 28.7 Å². The zero-order valence-corrected chi connectivity index (χ0v) is 68.7. The molecule has 8 nitrogen and oxygen atoms in total. The Kier molecular flexibility index (Phi) is 47.5. The fourth-order valence-electron chi connectivity index (χ4n) is 10.9. The van der Waals surface area contributed by atoms with Crippen LogP contribution in [0.2, 0.25) is 41.2 Å². The lowest BCUT2D eigenvalue weighted by atomic mass is 10.0. The van der Waals surface area contributed by atoms with Crippen LogP contribution in [0.4, 0.5) is 0 Å². The number of H-pyrrole nitrogens is 1. The Morgan fingerprint density at radius 1 is 0.375 bits per heavy atom. The van der Waals surface area contributed by atoms with Crippen LogP contribution in [-0.2, 0) is 52.0 Å². The van der Waals surface area contributed by atoms with E-state index in [9.17, 15) is 0 Å². The van der Waals surface area contributed by atoms with Crippen molar-refractivity contribution < 1.29 is 43.1 Å². The van der Waals surface area contributed by atoms with Gasteiger partial charge >= 0.3 is 0 Å². The minimum atomic E-state index is 0. The Morgan fingerprint density at radius 2 is 0.750 bits per heavy atom. The van der Waals surface area contributed by atoms with Crippen molar-refractivity contribution in [2.45, 2.75) is 208 Å². The second-order valence-electron chi connectivity index (χ2n) is 23.4. The van der Waals surface area contributed by atoms with E-state index in [0.717, 1.165) is 76.6 Å². The summed E-state index contributed by atoms with van der Waals surface area (Å²) in [4.78, 5) is 10.1. The number of imidazole rings is 4. The fraction of sp³-hybridized carbons (Fsp3) is 0.447. The number of nitrogens with zero attached hydrogens (tertiary/aromatic N) is 7. The van der Waals surface area contributed by atoms with E-state index in [-0.39, 0.29) is 34.0 Å². The van der Waals surface area contributed by atoms with E-state index < -0.39 is 0 Å². The highest BCUT2D eigenvalue weighted by Crippen LogP contribution is 2.26. The molecule has 0 bridgehead atoms. The van der Waals surface area contributed by atoms with E-state index in [1.807, 2.05) is 4.57 Å². The first-order chi connectivity index (χ1) is 45.8. The van der Waals surface area contributed by atoms with Gasteiger partial charge in [-0.1, -0.05) is 323 Å². The average molecular weight is 1730 g/mol. The summed E-state index contributed by atoms with van der Waals surface area (Å²) < 4.78 is 10.2. The molecular weight excluding hydrogens is 1630 g/mol. The van der Waals surface area contributed by atoms with Crippen molar-refractivity contribution in [3.63, 3.8) is 0 Å². The van der Waals surface area contributed by atoms with E-state index in [1.165, 1.54) is 170 Å². The quantitative estimate of drug-likeness (QED) is 0.0267. The van der Waals surface area contributed by atoms with Gasteiger partial charge < -0.3 is 43.5 Å². The highest BCUT2D eigenvalue weighted by molar-refractivity contribution is 9.09. The van der Waals surface area contributed by atoms with E-state index in [1.54, 1.807) is 6.33 Å². The molecule has 0 radical (unpaired) electrons. The SMILES string of the molecule is BrCCc1cccc2ccccc12.CCCCCCCBr.CCCCCCC[n+]1cn(CCc2cccc3ccccc23)c(Cl)c1Cl.CCCCCCC[n+]1cn(CCc2cccc3ccccc23)c(Cl)c1Cl.CCCCCCCn1cnc(Cl)c1Cl.Clc1nc[nH]c1Cl.[Br-].[Br-]. The molecule has 0 unspecified atom stereocenters. The van der Waals surface area contributed by atoms with E-state index in [4.69, 9.17) is 92.8 Å². The molecule has 0 saturated heterocycles. The molecule has 4 aromatic heterocycles. The van der Waals surface area contributed by atoms with Crippen molar-refractivity contribution in [2.75, 3.05) is 10.7 Å². The summed E-state index contributed by atoms with van der Waals surface area (Å²) >= 11 is 55.1. The lowest BCUT2D eigenvalue weighted by molar-refractivity contribution is -0.694. The van der Waals surface area contributed by atoms with Crippen LogP contribution in [0.5, 0.6) is 0 Å². The van der Waals surface area contributed by atoms with Gasteiger partial charge in [-0.05, 0) is 140 Å². The predicted molar refractivity (Wildman–Crippen MR) is 416 cm³/mol. The maximum absolute atomic E-state index is 6.47. The number of nitrogens with one attached hydrogen (secondary N) is 1. The molecule has 6 aromatic carbocycles. The summed E-state index contributed by atoms with van der Waals surface area (Å²) in [6, 6.07) is 45.0. The van der Waals surface area contributed by atoms with Gasteiger partial charge in [0.25, 0.3) is 20.6 Å². The maximum Gasteiger partial charge on any atom is 0.255 e. The van der Waals surface area contributed by atoms with E-state index in [0.29, 0.717) is 41.2 Å². The van der Waals surface area contributed by atoms with Crippen molar-refractivity contribution >= 4 is 157 Å². The number of aromatic amines is 1. The molecule has 0 aliphatic heterocycles. The van der Waals surface area contributed by atoms with Crippen molar-refractivity contribution in [2.24, 2.45) is 0 Å². The molecule has 96 heavy (non-hydrogen) atoms. The number of unbranched alkanes of at least 4 members (excludes halogenated alkanes) is 16. The topological polar surface area (TPSA) is 64.1 Å². The second kappa shape index (κ2) is 52.2. The smallest absolute Gasteiger partial charge is 0.255 e. The third-order valence-electron chi connectivity index (χ3n) is 16.2. The second-order valence-corrected chi connectivity index (χ2v) is 27.9. The number of hydrogen-bond acceptors (Lipinski definition) is 2. The third kappa shape index (κ3) is 31.2. The summed E-state index contributed by atoms with van der Waals surface area (Å²) in [5, 5.41) is 14.4. The largest absolute Gasteiger partial charge is 1.00 e. The van der Waals surface area contributed by atoms with Crippen LogP contribution >= 0.6 is 125 Å². The van der Waals surface area contributed by atoms with Gasteiger partial charge in [0, 0.05) is 30.0 Å². The minimum Gasteiger partial charge on any atom is -1.00 e. The number of aromatic nitrogens is 8. The lowest BCUT2D eigenvalue weighted by Gasteiger charge is -2.05. The summed E-state index contributed by atoms with van der Waals surface area (Å²) in [5.41, 5.74) is 4.11. The molecule has 0 fully saturated rings. The molecule has 10 aromatic rings. The third-order valence-corrected chi connectivity index (χ3v) is 20.4. The number of benzene rings is 6. The molecule has 4 heterocycles. The highest BCUT2D eigenvalue weighted by Gasteiger charge is 2.22. The fourth-order valence-corrected chi connectivity index (χ4v) is 13.2.